The number of anilines is 3. The number of likely N-dealkylation sites (tertiary alicyclic amines) is 1. The predicted octanol–water partition coefficient (Wildman–Crippen LogP) is 5.44. The number of hydrogen-bond donors (Lipinski definition) is 2. The van der Waals surface area contributed by atoms with Crippen LogP contribution in [0.2, 0.25) is 0 Å². The molecule has 5 aromatic rings. The number of carbonyl (C=O) groups is 1. The average molecular weight is 643 g/mol. The lowest BCUT2D eigenvalue weighted by molar-refractivity contribution is -0.114. The van der Waals surface area contributed by atoms with E-state index in [-0.39, 0.29) is 18.3 Å². The van der Waals surface area contributed by atoms with E-state index in [1.54, 1.807) is 55.3 Å². The number of carbonyl (C=O) groups excluding carboxylic acids is 1. The molecule has 13 nitrogen and oxygen atoms in total. The van der Waals surface area contributed by atoms with Crippen molar-refractivity contribution in [3.05, 3.63) is 72.7 Å². The average Bonchev–Trinajstić information content (AvgIpc) is 3.70. The monoisotopic (exact) mass is 642 g/mol. The van der Waals surface area contributed by atoms with Crippen LogP contribution in [0.25, 0.3) is 16.6 Å². The van der Waals surface area contributed by atoms with Gasteiger partial charge >= 0.3 is 0 Å². The number of nitrogens with one attached hydrogen (secondary N) is 2. The highest BCUT2D eigenvalue weighted by atomic mass is 19.1. The number of fused-ring (bicyclic) bond motifs is 2. The quantitative estimate of drug-likeness (QED) is 0.133. The number of likely N-dealkylation sites (N-methyl/N-ethyl adjacent to an activating group) is 1. The molecule has 14 heteroatoms. The highest BCUT2D eigenvalue weighted by Gasteiger charge is 2.23. The van der Waals surface area contributed by atoms with Crippen LogP contribution in [-0.2, 0) is 9.53 Å². The summed E-state index contributed by atoms with van der Waals surface area (Å²) in [4.78, 5) is 28.1. The van der Waals surface area contributed by atoms with Crippen LogP contribution in [0.1, 0.15) is 18.4 Å². The van der Waals surface area contributed by atoms with Gasteiger partial charge in [0.2, 0.25) is 0 Å². The van der Waals surface area contributed by atoms with Gasteiger partial charge in [-0.3, -0.25) is 9.69 Å². The molecule has 0 radical (unpaired) electrons. The van der Waals surface area contributed by atoms with Gasteiger partial charge in [-0.2, -0.15) is 5.10 Å². The van der Waals surface area contributed by atoms with Crippen LogP contribution in [0.15, 0.2) is 67.2 Å². The Bertz CT molecular complexity index is 1950. The Kier molecular flexibility index (Phi) is 9.40. The van der Waals surface area contributed by atoms with Gasteiger partial charge in [-0.05, 0) is 63.2 Å². The molecule has 47 heavy (non-hydrogen) atoms. The van der Waals surface area contributed by atoms with E-state index in [2.05, 4.69) is 30.7 Å². The van der Waals surface area contributed by atoms with Crippen molar-refractivity contribution in [3.63, 3.8) is 0 Å². The first-order valence-electron chi connectivity index (χ1n) is 15.0. The van der Waals surface area contributed by atoms with Crippen molar-refractivity contribution < 1.29 is 28.1 Å². The zero-order chi connectivity index (χ0) is 32.9. The number of aromatic nitrogens is 5. The van der Waals surface area contributed by atoms with Gasteiger partial charge in [-0.15, -0.1) is 0 Å². The smallest absolute Gasteiger partial charge is 0.284 e. The number of halogens is 1. The fourth-order valence-electron chi connectivity index (χ4n) is 5.37. The number of hydrogen-bond acceptors (Lipinski definition) is 11. The summed E-state index contributed by atoms with van der Waals surface area (Å²) in [5.74, 6) is 0.696. The molecule has 2 N–H and O–H groups in total. The maximum atomic E-state index is 15.1. The highest BCUT2D eigenvalue weighted by Crippen LogP contribution is 2.39. The Morgan fingerprint density at radius 3 is 2.70 bits per heavy atom. The van der Waals surface area contributed by atoms with Gasteiger partial charge in [0.25, 0.3) is 5.91 Å². The summed E-state index contributed by atoms with van der Waals surface area (Å²) in [6, 6.07) is 10.4. The number of pyridine rings is 1. The number of aryl methyl sites for hydroxylation is 1. The molecule has 3 aromatic heterocycles. The summed E-state index contributed by atoms with van der Waals surface area (Å²) in [6.45, 7) is 3.30. The van der Waals surface area contributed by atoms with Gasteiger partial charge in [0.15, 0.2) is 11.5 Å². The lowest BCUT2D eigenvalue weighted by Gasteiger charge is -2.18. The molecule has 0 unspecified atom stereocenters. The summed E-state index contributed by atoms with van der Waals surface area (Å²) in [5.41, 5.74) is 2.90. The van der Waals surface area contributed by atoms with Gasteiger partial charge in [-0.25, -0.2) is 23.9 Å². The largest absolute Gasteiger partial charge is 0.494 e. The molecule has 244 valence electrons. The zero-order valence-corrected chi connectivity index (χ0v) is 26.5. The number of ether oxygens (including phenoxy) is 4. The number of nitrogens with zero attached hydrogens (tertiary/aromatic N) is 6. The van der Waals surface area contributed by atoms with Crippen LogP contribution in [0.4, 0.5) is 21.6 Å². The molecule has 0 saturated carbocycles. The third-order valence-corrected chi connectivity index (χ3v) is 7.89. The van der Waals surface area contributed by atoms with Crippen LogP contribution >= 0.6 is 0 Å². The minimum atomic E-state index is -0.872. The topological polar surface area (TPSA) is 137 Å². The van der Waals surface area contributed by atoms with E-state index in [4.69, 9.17) is 18.9 Å². The second kappa shape index (κ2) is 14.0. The Balaban J connectivity index is 1.30. The van der Waals surface area contributed by atoms with Crippen molar-refractivity contribution in [2.75, 3.05) is 51.7 Å². The molecule has 1 amide bonds. The maximum Gasteiger partial charge on any atom is 0.284 e. The minimum absolute atomic E-state index is 0.133. The van der Waals surface area contributed by atoms with E-state index < -0.39 is 11.7 Å². The molecule has 0 bridgehead atoms. The number of rotatable bonds is 12. The normalized spacial score (nSPS) is 15.3. The highest BCUT2D eigenvalue weighted by molar-refractivity contribution is 6.05. The first-order valence-corrected chi connectivity index (χ1v) is 15.0. The van der Waals surface area contributed by atoms with Crippen LogP contribution < -0.4 is 24.8 Å². The fourth-order valence-corrected chi connectivity index (χ4v) is 5.37. The molecular formula is C33H35FN8O5. The summed E-state index contributed by atoms with van der Waals surface area (Å²) < 4.78 is 39.6. The van der Waals surface area contributed by atoms with Crippen molar-refractivity contribution in [3.8, 4) is 23.0 Å². The molecular weight excluding hydrogens is 607 g/mol. The zero-order valence-electron chi connectivity index (χ0n) is 26.5. The fraction of sp³-hybridized carbons (Fsp3) is 0.303. The van der Waals surface area contributed by atoms with Crippen LogP contribution in [0.5, 0.6) is 23.0 Å². The SMILES string of the molecule is COCCOc1cc2ncnc(Nc3cc(C)c(Oc4ccn5ncnc5c4)cc3OC)c2cc1NC(=O)/C(F)=C\[C@H]1CCCN1C. The third kappa shape index (κ3) is 7.08. The molecule has 1 fully saturated rings. The molecule has 1 aliphatic heterocycles. The standard InChI is InChI=1S/C33H35FN8O5/c1-20-12-26(29(45-4)17-28(20)47-22-7-9-42-31(14-22)36-19-38-42)39-32-23-15-27(30(46-11-10-44-3)16-25(23)35-18-37-32)40-33(43)24(34)13-21-6-5-8-41(21)2/h7,9,12-19,21H,5-6,8,10-11H2,1-4H3,(H,40,43)(H,35,37,39)/b24-13+/t21-/m1/s1. The van der Waals surface area contributed by atoms with E-state index in [9.17, 15) is 4.79 Å². The molecule has 4 heterocycles. The molecule has 1 atom stereocenters. The molecule has 2 aromatic carbocycles. The predicted molar refractivity (Wildman–Crippen MR) is 174 cm³/mol. The Labute approximate surface area is 270 Å². The molecule has 0 spiro atoms. The molecule has 6 rings (SSSR count). The van der Waals surface area contributed by atoms with Gasteiger partial charge in [0.05, 0.1) is 30.6 Å². The van der Waals surface area contributed by atoms with Gasteiger partial charge in [0.1, 0.15) is 48.1 Å². The van der Waals surface area contributed by atoms with E-state index in [0.29, 0.717) is 57.7 Å². The Morgan fingerprint density at radius 2 is 1.91 bits per heavy atom. The second-order valence-corrected chi connectivity index (χ2v) is 11.1. The first-order chi connectivity index (χ1) is 22.8. The van der Waals surface area contributed by atoms with Crippen LogP contribution in [-0.4, -0.2) is 82.4 Å². The summed E-state index contributed by atoms with van der Waals surface area (Å²) in [5, 5.41) is 10.7. The summed E-state index contributed by atoms with van der Waals surface area (Å²) >= 11 is 0. The van der Waals surface area contributed by atoms with Crippen molar-refractivity contribution >= 4 is 39.6 Å². The third-order valence-electron chi connectivity index (χ3n) is 7.89. The number of amides is 1. The summed E-state index contributed by atoms with van der Waals surface area (Å²) in [7, 11) is 5.03. The number of benzene rings is 2. The Morgan fingerprint density at radius 1 is 1.04 bits per heavy atom. The van der Waals surface area contributed by atoms with Crippen molar-refractivity contribution in [2.45, 2.75) is 25.8 Å². The number of methoxy groups -OCH3 is 2. The van der Waals surface area contributed by atoms with Gasteiger partial charge in [-0.1, -0.05) is 0 Å². The Hall–Kier alpha value is -5.34. The van der Waals surface area contributed by atoms with Crippen molar-refractivity contribution in [1.82, 2.24) is 29.5 Å². The lowest BCUT2D eigenvalue weighted by atomic mass is 10.1. The van der Waals surface area contributed by atoms with E-state index in [1.807, 2.05) is 24.9 Å². The second-order valence-electron chi connectivity index (χ2n) is 11.1. The lowest BCUT2D eigenvalue weighted by Crippen LogP contribution is -2.24. The van der Waals surface area contributed by atoms with E-state index in [1.165, 1.54) is 18.7 Å². The summed E-state index contributed by atoms with van der Waals surface area (Å²) in [6.07, 6.45) is 7.76. The van der Waals surface area contributed by atoms with E-state index in [0.717, 1.165) is 24.9 Å². The molecule has 1 saturated heterocycles. The van der Waals surface area contributed by atoms with Crippen molar-refractivity contribution in [2.24, 2.45) is 0 Å². The minimum Gasteiger partial charge on any atom is -0.494 e. The van der Waals surface area contributed by atoms with Crippen molar-refractivity contribution in [1.29, 1.82) is 0 Å². The molecule has 0 aliphatic carbocycles. The van der Waals surface area contributed by atoms with Gasteiger partial charge < -0.3 is 29.6 Å². The van der Waals surface area contributed by atoms with Crippen LogP contribution in [0, 0.1) is 6.92 Å². The van der Waals surface area contributed by atoms with Crippen LogP contribution in [0.3, 0.4) is 0 Å². The maximum absolute atomic E-state index is 15.1. The van der Waals surface area contributed by atoms with Gasteiger partial charge in [0, 0.05) is 42.9 Å². The van der Waals surface area contributed by atoms with E-state index >= 15 is 4.39 Å². The first kappa shape index (κ1) is 31.6. The molecule has 1 aliphatic rings.